The molecule has 0 atom stereocenters. The van der Waals surface area contributed by atoms with Gasteiger partial charge in [-0.1, -0.05) is 51.4 Å². The minimum Gasteiger partial charge on any atom is -0.503 e. The van der Waals surface area contributed by atoms with Crippen LogP contribution in [0.4, 0.5) is 0 Å². The van der Waals surface area contributed by atoms with E-state index < -0.39 is 0 Å². The van der Waals surface area contributed by atoms with E-state index >= 15 is 0 Å². The van der Waals surface area contributed by atoms with E-state index in [9.17, 15) is 30.6 Å². The maximum Gasteiger partial charge on any atom is 0.237 e. The molecule has 0 radical (unpaired) electrons. The van der Waals surface area contributed by atoms with Gasteiger partial charge >= 0.3 is 0 Å². The van der Waals surface area contributed by atoms with E-state index in [1.54, 1.807) is 0 Å². The summed E-state index contributed by atoms with van der Waals surface area (Å²) in [5, 5.41) is 57.0. The van der Waals surface area contributed by atoms with Gasteiger partial charge in [0.15, 0.2) is 23.3 Å². The van der Waals surface area contributed by atoms with E-state index in [2.05, 4.69) is 0 Å². The Morgan fingerprint density at radius 1 is 0.464 bits per heavy atom. The Morgan fingerprint density at radius 3 is 1.00 bits per heavy atom. The zero-order valence-electron chi connectivity index (χ0n) is 16.2. The molecule has 8 nitrogen and oxygen atoms in total. The van der Waals surface area contributed by atoms with Crippen molar-refractivity contribution < 1.29 is 30.6 Å². The van der Waals surface area contributed by atoms with Gasteiger partial charge in [0.05, 0.1) is 0 Å². The van der Waals surface area contributed by atoms with Crippen molar-refractivity contribution in [3.05, 3.63) is 12.1 Å². The van der Waals surface area contributed by atoms with Crippen LogP contribution in [0.5, 0.6) is 35.0 Å². The second-order valence-corrected chi connectivity index (χ2v) is 7.26. The van der Waals surface area contributed by atoms with Crippen molar-refractivity contribution in [2.45, 2.75) is 77.3 Å². The zero-order chi connectivity index (χ0) is 20.5. The van der Waals surface area contributed by atoms with Gasteiger partial charge in [-0.15, -0.1) is 0 Å². The molecule has 6 N–H and O–H groups in total. The Morgan fingerprint density at radius 2 is 0.750 bits per heavy atom. The van der Waals surface area contributed by atoms with Gasteiger partial charge in [-0.2, -0.15) is 0 Å². The summed E-state index contributed by atoms with van der Waals surface area (Å²) in [6.45, 7) is 0.977. The van der Waals surface area contributed by atoms with Crippen LogP contribution in [0, 0.1) is 0 Å². The van der Waals surface area contributed by atoms with Gasteiger partial charge in [0.25, 0.3) is 0 Å². The lowest BCUT2D eigenvalue weighted by Crippen LogP contribution is -1.97. The molecule has 2 aromatic heterocycles. The topological polar surface area (TPSA) is 131 Å². The number of hydrogen-bond donors (Lipinski definition) is 6. The fourth-order valence-corrected chi connectivity index (χ4v) is 3.42. The molecular weight excluding hydrogens is 364 g/mol. The molecule has 0 unspecified atom stereocenters. The molecule has 0 bridgehead atoms. The summed E-state index contributed by atoms with van der Waals surface area (Å²) in [4.78, 5) is 0. The Bertz CT molecular complexity index is 675. The van der Waals surface area contributed by atoms with E-state index in [-0.39, 0.29) is 35.0 Å². The van der Waals surface area contributed by atoms with Crippen LogP contribution in [0.2, 0.25) is 0 Å². The van der Waals surface area contributed by atoms with Crippen molar-refractivity contribution in [2.24, 2.45) is 0 Å². The molecule has 2 rings (SSSR count). The first-order valence-corrected chi connectivity index (χ1v) is 10.0. The van der Waals surface area contributed by atoms with Crippen molar-refractivity contribution in [1.29, 1.82) is 0 Å². The maximum atomic E-state index is 9.59. The normalized spacial score (nSPS) is 11.3. The van der Waals surface area contributed by atoms with Gasteiger partial charge in [-0.25, -0.2) is 0 Å². The van der Waals surface area contributed by atoms with Crippen molar-refractivity contribution in [3.8, 4) is 35.0 Å². The van der Waals surface area contributed by atoms with E-state index in [4.69, 9.17) is 0 Å². The molecule has 0 amide bonds. The summed E-state index contributed by atoms with van der Waals surface area (Å²) in [5.74, 6) is -1.38. The Hall–Kier alpha value is -2.64. The van der Waals surface area contributed by atoms with Crippen LogP contribution < -0.4 is 0 Å². The minimum atomic E-state index is -0.294. The van der Waals surface area contributed by atoms with Crippen LogP contribution in [-0.4, -0.2) is 39.8 Å². The molecule has 0 spiro atoms. The van der Waals surface area contributed by atoms with Crippen LogP contribution in [0.15, 0.2) is 12.1 Å². The first kappa shape index (κ1) is 21.7. The van der Waals surface area contributed by atoms with E-state index in [0.717, 1.165) is 63.5 Å². The third kappa shape index (κ3) is 5.94. The molecule has 0 aliphatic heterocycles. The molecule has 0 saturated carbocycles. The highest BCUT2D eigenvalue weighted by Crippen LogP contribution is 2.34. The number of unbranched alkanes of at least 4 members (excludes halogenated alkanes) is 9. The minimum absolute atomic E-state index is 0.117. The van der Waals surface area contributed by atoms with Gasteiger partial charge in [-0.3, -0.25) is 9.13 Å². The van der Waals surface area contributed by atoms with Crippen molar-refractivity contribution in [3.63, 3.8) is 0 Å². The van der Waals surface area contributed by atoms with E-state index in [0.29, 0.717) is 13.1 Å². The molecule has 0 fully saturated rings. The SMILES string of the molecule is Oc1cc(O)n(CCCCCCCCCCCCn2c(O)cc(O)c2O)c1O. The molecule has 0 aromatic carbocycles. The number of rotatable bonds is 13. The van der Waals surface area contributed by atoms with E-state index in [1.165, 1.54) is 22.0 Å². The van der Waals surface area contributed by atoms with Crippen LogP contribution in [0.25, 0.3) is 0 Å². The second-order valence-electron chi connectivity index (χ2n) is 7.26. The Balaban J connectivity index is 1.43. The van der Waals surface area contributed by atoms with Gasteiger partial charge in [0, 0.05) is 25.2 Å². The highest BCUT2D eigenvalue weighted by Gasteiger charge is 2.12. The van der Waals surface area contributed by atoms with Crippen LogP contribution in [0.1, 0.15) is 64.2 Å². The van der Waals surface area contributed by atoms with Crippen molar-refractivity contribution >= 4 is 0 Å². The Labute approximate surface area is 164 Å². The van der Waals surface area contributed by atoms with Gasteiger partial charge < -0.3 is 30.6 Å². The fraction of sp³-hybridized carbons (Fsp3) is 0.600. The molecule has 158 valence electrons. The van der Waals surface area contributed by atoms with Crippen molar-refractivity contribution in [2.75, 3.05) is 0 Å². The summed E-state index contributed by atoms with van der Waals surface area (Å²) in [5.41, 5.74) is 0. The largest absolute Gasteiger partial charge is 0.503 e. The molecule has 2 heterocycles. The van der Waals surface area contributed by atoms with Crippen LogP contribution >= 0.6 is 0 Å². The van der Waals surface area contributed by atoms with E-state index in [1.807, 2.05) is 0 Å². The van der Waals surface area contributed by atoms with Gasteiger partial charge in [0.1, 0.15) is 0 Å². The smallest absolute Gasteiger partial charge is 0.237 e. The van der Waals surface area contributed by atoms with Crippen LogP contribution in [-0.2, 0) is 13.1 Å². The highest BCUT2D eigenvalue weighted by molar-refractivity contribution is 5.40. The average molecular weight is 396 g/mol. The molecule has 8 heteroatoms. The van der Waals surface area contributed by atoms with Crippen molar-refractivity contribution in [1.82, 2.24) is 9.13 Å². The monoisotopic (exact) mass is 396 g/mol. The van der Waals surface area contributed by atoms with Gasteiger partial charge in [0.2, 0.25) is 11.8 Å². The predicted octanol–water partition coefficient (Wildman–Crippen LogP) is 4.12. The summed E-state index contributed by atoms with van der Waals surface area (Å²) in [7, 11) is 0. The van der Waals surface area contributed by atoms with Crippen LogP contribution in [0.3, 0.4) is 0 Å². The number of nitrogens with zero attached hydrogens (tertiary/aromatic N) is 2. The average Bonchev–Trinajstić information content (AvgIpc) is 3.04. The lowest BCUT2D eigenvalue weighted by Gasteiger charge is -2.07. The maximum absolute atomic E-state index is 9.59. The summed E-state index contributed by atoms with van der Waals surface area (Å²) in [6.07, 6.45) is 10.5. The molecule has 2 aromatic rings. The molecule has 28 heavy (non-hydrogen) atoms. The Kier molecular flexibility index (Phi) is 8.22. The second kappa shape index (κ2) is 10.6. The number of aromatic hydroxyl groups is 6. The molecule has 0 aliphatic carbocycles. The number of aromatic nitrogens is 2. The summed E-state index contributed by atoms with van der Waals surface area (Å²) >= 11 is 0. The zero-order valence-corrected chi connectivity index (χ0v) is 16.2. The predicted molar refractivity (Wildman–Crippen MR) is 105 cm³/mol. The highest BCUT2D eigenvalue weighted by atomic mass is 16.3. The lowest BCUT2D eigenvalue weighted by atomic mass is 10.1. The first-order chi connectivity index (χ1) is 13.4. The third-order valence-corrected chi connectivity index (χ3v) is 5.07. The van der Waals surface area contributed by atoms with Gasteiger partial charge in [-0.05, 0) is 12.8 Å². The number of hydrogen-bond acceptors (Lipinski definition) is 6. The standard InChI is InChI=1S/C20H32N2O6/c23-15-13-17(25)21(19(15)27)11-9-7-5-3-1-2-4-6-8-10-12-22-18(26)14-16(24)20(22)28/h13-14,23-28H,1-12H2. The third-order valence-electron chi connectivity index (χ3n) is 5.07. The first-order valence-electron chi connectivity index (χ1n) is 10.0. The lowest BCUT2D eigenvalue weighted by molar-refractivity contribution is 0.345. The summed E-state index contributed by atoms with van der Waals surface area (Å²) < 4.78 is 2.62. The quantitative estimate of drug-likeness (QED) is 0.282. The fourth-order valence-electron chi connectivity index (χ4n) is 3.42. The molecule has 0 aliphatic rings. The molecule has 0 saturated heterocycles. The molecular formula is C20H32N2O6. The summed E-state index contributed by atoms with van der Waals surface area (Å²) in [6, 6.07) is 2.28.